The molecule has 2 amide bonds. The van der Waals surface area contributed by atoms with E-state index in [9.17, 15) is 9.59 Å². The molecule has 1 fully saturated rings. The molecule has 0 atom stereocenters. The quantitative estimate of drug-likeness (QED) is 0.841. The molecule has 0 unspecified atom stereocenters. The maximum atomic E-state index is 12.0. The van der Waals surface area contributed by atoms with Crippen LogP contribution in [0, 0.1) is 0 Å². The second kappa shape index (κ2) is 8.45. The van der Waals surface area contributed by atoms with Crippen LogP contribution in [0.1, 0.15) is 25.0 Å². The summed E-state index contributed by atoms with van der Waals surface area (Å²) in [5, 5.41) is 6.12. The third-order valence-corrected chi connectivity index (χ3v) is 5.37. The van der Waals surface area contributed by atoms with Gasteiger partial charge in [-0.2, -0.15) is 0 Å². The fraction of sp³-hybridized carbons (Fsp3) is 0.389. The highest BCUT2D eigenvalue weighted by molar-refractivity contribution is 7.13. The molecule has 0 saturated carbocycles. The van der Waals surface area contributed by atoms with E-state index in [2.05, 4.69) is 10.3 Å². The Hall–Kier alpha value is -1.92. The second-order valence-corrected chi connectivity index (χ2v) is 7.25. The number of amides is 2. The van der Waals surface area contributed by atoms with Crippen LogP contribution in [0.3, 0.4) is 0 Å². The van der Waals surface area contributed by atoms with Crippen LogP contribution in [0.5, 0.6) is 0 Å². The van der Waals surface area contributed by atoms with E-state index in [0.717, 1.165) is 36.5 Å². The molecule has 25 heavy (non-hydrogen) atoms. The van der Waals surface area contributed by atoms with Crippen molar-refractivity contribution in [3.63, 3.8) is 0 Å². The van der Waals surface area contributed by atoms with Crippen LogP contribution < -0.4 is 5.32 Å². The number of hydrogen-bond donors (Lipinski definition) is 1. The molecule has 132 valence electrons. The van der Waals surface area contributed by atoms with Crippen molar-refractivity contribution in [3.8, 4) is 10.6 Å². The molecule has 7 heteroatoms. The summed E-state index contributed by atoms with van der Waals surface area (Å²) in [6, 6.07) is 7.51. The summed E-state index contributed by atoms with van der Waals surface area (Å²) < 4.78 is 0. The highest BCUT2D eigenvalue weighted by Crippen LogP contribution is 2.30. The molecule has 1 aliphatic rings. The number of nitrogens with zero attached hydrogens (tertiary/aromatic N) is 2. The van der Waals surface area contributed by atoms with Crippen molar-refractivity contribution in [1.29, 1.82) is 0 Å². The first-order chi connectivity index (χ1) is 12.1. The van der Waals surface area contributed by atoms with Gasteiger partial charge in [0, 0.05) is 37.0 Å². The zero-order valence-corrected chi connectivity index (χ0v) is 15.4. The van der Waals surface area contributed by atoms with E-state index in [1.807, 2.05) is 34.5 Å². The number of thiazole rings is 1. The molecule has 1 saturated heterocycles. The molecule has 1 aromatic heterocycles. The van der Waals surface area contributed by atoms with Gasteiger partial charge in [-0.15, -0.1) is 11.3 Å². The van der Waals surface area contributed by atoms with Gasteiger partial charge in [-0.25, -0.2) is 4.98 Å². The van der Waals surface area contributed by atoms with E-state index in [4.69, 9.17) is 11.6 Å². The average molecular weight is 378 g/mol. The lowest BCUT2D eigenvalue weighted by molar-refractivity contribution is -0.130. The summed E-state index contributed by atoms with van der Waals surface area (Å²) in [4.78, 5) is 30.3. The fourth-order valence-electron chi connectivity index (χ4n) is 2.81. The SMILES string of the molecule is O=C(Cc1csc(-c2ccccc2Cl)n1)NCCC(=O)N1CCCC1. The van der Waals surface area contributed by atoms with Gasteiger partial charge in [0.25, 0.3) is 0 Å². The summed E-state index contributed by atoms with van der Waals surface area (Å²) in [7, 11) is 0. The Morgan fingerprint density at radius 3 is 2.76 bits per heavy atom. The number of benzene rings is 1. The minimum atomic E-state index is -0.120. The van der Waals surface area contributed by atoms with Crippen LogP contribution in [-0.2, 0) is 16.0 Å². The third kappa shape index (κ3) is 4.80. The lowest BCUT2D eigenvalue weighted by Gasteiger charge is -2.15. The number of rotatable bonds is 6. The van der Waals surface area contributed by atoms with Crippen LogP contribution in [0.25, 0.3) is 10.6 Å². The number of halogens is 1. The minimum Gasteiger partial charge on any atom is -0.355 e. The zero-order chi connectivity index (χ0) is 17.6. The Morgan fingerprint density at radius 2 is 2.00 bits per heavy atom. The van der Waals surface area contributed by atoms with Gasteiger partial charge in [0.1, 0.15) is 5.01 Å². The van der Waals surface area contributed by atoms with Gasteiger partial charge in [-0.05, 0) is 18.9 Å². The molecule has 5 nitrogen and oxygen atoms in total. The van der Waals surface area contributed by atoms with Crippen molar-refractivity contribution < 1.29 is 9.59 Å². The molecule has 2 heterocycles. The highest BCUT2D eigenvalue weighted by atomic mass is 35.5. The smallest absolute Gasteiger partial charge is 0.226 e. The van der Waals surface area contributed by atoms with E-state index >= 15 is 0 Å². The third-order valence-electron chi connectivity index (χ3n) is 4.12. The van der Waals surface area contributed by atoms with Crippen molar-refractivity contribution in [3.05, 3.63) is 40.4 Å². The van der Waals surface area contributed by atoms with E-state index in [0.29, 0.717) is 23.7 Å². The van der Waals surface area contributed by atoms with E-state index in [-0.39, 0.29) is 18.2 Å². The van der Waals surface area contributed by atoms with Crippen LogP contribution in [0.15, 0.2) is 29.6 Å². The Morgan fingerprint density at radius 1 is 1.24 bits per heavy atom. The first-order valence-electron chi connectivity index (χ1n) is 8.37. The topological polar surface area (TPSA) is 62.3 Å². The van der Waals surface area contributed by atoms with Gasteiger partial charge < -0.3 is 10.2 Å². The van der Waals surface area contributed by atoms with Gasteiger partial charge in [-0.3, -0.25) is 9.59 Å². The Bertz CT molecular complexity index is 756. The van der Waals surface area contributed by atoms with Gasteiger partial charge >= 0.3 is 0 Å². The van der Waals surface area contributed by atoms with Gasteiger partial charge in [0.15, 0.2) is 0 Å². The minimum absolute atomic E-state index is 0.118. The molecule has 1 aromatic carbocycles. The summed E-state index contributed by atoms with van der Waals surface area (Å²) in [5.74, 6) is -0.00213. The molecule has 0 bridgehead atoms. The molecule has 0 aliphatic carbocycles. The van der Waals surface area contributed by atoms with Crippen LogP contribution in [0.2, 0.25) is 5.02 Å². The molecule has 1 aliphatic heterocycles. The summed E-state index contributed by atoms with van der Waals surface area (Å²) in [6.45, 7) is 2.06. The van der Waals surface area contributed by atoms with Crippen LogP contribution in [-0.4, -0.2) is 41.3 Å². The number of carbonyl (C=O) groups is 2. The lowest BCUT2D eigenvalue weighted by Crippen LogP contribution is -2.33. The summed E-state index contributed by atoms with van der Waals surface area (Å²) >= 11 is 7.65. The Balaban J connectivity index is 1.47. The molecular weight excluding hydrogens is 358 g/mol. The molecular formula is C18H20ClN3O2S. The number of hydrogen-bond acceptors (Lipinski definition) is 4. The maximum Gasteiger partial charge on any atom is 0.226 e. The predicted molar refractivity (Wildman–Crippen MR) is 99.7 cm³/mol. The summed E-state index contributed by atoms with van der Waals surface area (Å²) in [6.07, 6.45) is 2.72. The van der Waals surface area contributed by atoms with Crippen LogP contribution in [0.4, 0.5) is 0 Å². The second-order valence-electron chi connectivity index (χ2n) is 5.99. The lowest BCUT2D eigenvalue weighted by atomic mass is 10.2. The first kappa shape index (κ1) is 17.9. The van der Waals surface area contributed by atoms with E-state index in [1.54, 1.807) is 0 Å². The van der Waals surface area contributed by atoms with Gasteiger partial charge in [-0.1, -0.05) is 29.8 Å². The molecule has 0 spiro atoms. The number of aromatic nitrogens is 1. The zero-order valence-electron chi connectivity index (χ0n) is 13.8. The highest BCUT2D eigenvalue weighted by Gasteiger charge is 2.17. The molecule has 3 rings (SSSR count). The Labute approximate surface area is 156 Å². The van der Waals surface area contributed by atoms with Crippen LogP contribution >= 0.6 is 22.9 Å². The largest absolute Gasteiger partial charge is 0.355 e. The predicted octanol–water partition coefficient (Wildman–Crippen LogP) is 3.13. The first-order valence-corrected chi connectivity index (χ1v) is 9.63. The summed E-state index contributed by atoms with van der Waals surface area (Å²) in [5.41, 5.74) is 1.58. The van der Waals surface area contributed by atoms with Gasteiger partial charge in [0.2, 0.25) is 11.8 Å². The maximum absolute atomic E-state index is 12.0. The van der Waals surface area contributed by atoms with Crippen molar-refractivity contribution in [2.75, 3.05) is 19.6 Å². The normalized spacial score (nSPS) is 13.9. The molecule has 0 radical (unpaired) electrons. The van der Waals surface area contributed by atoms with Crippen molar-refractivity contribution in [1.82, 2.24) is 15.2 Å². The van der Waals surface area contributed by atoms with E-state index in [1.165, 1.54) is 11.3 Å². The monoisotopic (exact) mass is 377 g/mol. The Kier molecular flexibility index (Phi) is 6.04. The number of likely N-dealkylation sites (tertiary alicyclic amines) is 1. The molecule has 2 aromatic rings. The van der Waals surface area contributed by atoms with E-state index < -0.39 is 0 Å². The van der Waals surface area contributed by atoms with Crippen molar-refractivity contribution in [2.45, 2.75) is 25.7 Å². The standard InChI is InChI=1S/C18H20ClN3O2S/c19-15-6-2-1-5-14(15)18-21-13(12-25-18)11-16(23)20-8-7-17(24)22-9-3-4-10-22/h1-2,5-6,12H,3-4,7-11H2,(H,20,23). The average Bonchev–Trinajstić information content (AvgIpc) is 3.27. The fourth-order valence-corrected chi connectivity index (χ4v) is 3.95. The number of carbonyl (C=O) groups excluding carboxylic acids is 2. The molecule has 1 N–H and O–H groups in total. The van der Waals surface area contributed by atoms with Gasteiger partial charge in [0.05, 0.1) is 17.1 Å². The van der Waals surface area contributed by atoms with Crippen molar-refractivity contribution >= 4 is 34.8 Å². The van der Waals surface area contributed by atoms with Crippen molar-refractivity contribution in [2.24, 2.45) is 0 Å². The number of nitrogens with one attached hydrogen (secondary N) is 1.